The van der Waals surface area contributed by atoms with Gasteiger partial charge in [0.05, 0.1) is 16.7 Å². The number of hydrogen-bond acceptors (Lipinski definition) is 5. The molecule has 4 rings (SSSR count). The summed E-state index contributed by atoms with van der Waals surface area (Å²) in [5.41, 5.74) is -0.520. The molecule has 0 saturated heterocycles. The van der Waals surface area contributed by atoms with Crippen LogP contribution in [0.4, 0.5) is 29.1 Å². The van der Waals surface area contributed by atoms with Gasteiger partial charge in [-0.25, -0.2) is 17.8 Å². The highest BCUT2D eigenvalue weighted by Gasteiger charge is 2.32. The van der Waals surface area contributed by atoms with Crippen LogP contribution in [0, 0.1) is 5.82 Å². The lowest BCUT2D eigenvalue weighted by molar-refractivity contribution is -0.137. The average Bonchev–Trinajstić information content (AvgIpc) is 2.96. The molecule has 0 radical (unpaired) electrons. The number of aromatic nitrogens is 1. The highest BCUT2D eigenvalue weighted by Crippen LogP contribution is 2.35. The SMILES string of the molecule is CS(=O)(=O)c1cc(Nc2cc3c(cn2)oc2cc(F)ccc23)cc(C(F)(F)F)c1. The van der Waals surface area contributed by atoms with Gasteiger partial charge in [-0.1, -0.05) is 0 Å². The summed E-state index contributed by atoms with van der Waals surface area (Å²) < 4.78 is 81.9. The highest BCUT2D eigenvalue weighted by atomic mass is 32.2. The third-order valence-electron chi connectivity index (χ3n) is 4.26. The topological polar surface area (TPSA) is 72.2 Å². The monoisotopic (exact) mass is 424 g/mol. The first-order valence-corrected chi connectivity index (χ1v) is 10.1. The second-order valence-electron chi connectivity index (χ2n) is 6.45. The third kappa shape index (κ3) is 3.75. The van der Waals surface area contributed by atoms with Crippen LogP contribution in [0.2, 0.25) is 0 Å². The fraction of sp³-hybridized carbons (Fsp3) is 0.105. The number of hydrogen-bond donors (Lipinski definition) is 1. The standard InChI is InChI=1S/C19H12F4N2O3S/c1-29(26,27)13-5-10(19(21,22)23)4-12(7-13)25-18-8-15-14-3-2-11(20)6-16(14)28-17(15)9-24-18/h2-9H,1H3,(H,24,25). The number of sulfone groups is 1. The van der Waals surface area contributed by atoms with E-state index in [1.54, 1.807) is 0 Å². The van der Waals surface area contributed by atoms with E-state index < -0.39 is 32.3 Å². The normalized spacial score (nSPS) is 12.6. The molecule has 0 amide bonds. The van der Waals surface area contributed by atoms with Crippen LogP contribution in [-0.4, -0.2) is 19.7 Å². The molecule has 5 nitrogen and oxygen atoms in total. The molecule has 2 heterocycles. The van der Waals surface area contributed by atoms with Crippen molar-refractivity contribution < 1.29 is 30.4 Å². The van der Waals surface area contributed by atoms with Gasteiger partial charge in [-0.2, -0.15) is 13.2 Å². The summed E-state index contributed by atoms with van der Waals surface area (Å²) in [5, 5.41) is 3.88. The molecule has 0 spiro atoms. The molecule has 0 atom stereocenters. The zero-order chi connectivity index (χ0) is 21.0. The van der Waals surface area contributed by atoms with Gasteiger partial charge in [-0.15, -0.1) is 0 Å². The van der Waals surface area contributed by atoms with Crippen molar-refractivity contribution in [2.45, 2.75) is 11.1 Å². The van der Waals surface area contributed by atoms with Crippen molar-refractivity contribution in [3.63, 3.8) is 0 Å². The zero-order valence-electron chi connectivity index (χ0n) is 14.7. The Morgan fingerprint density at radius 2 is 1.76 bits per heavy atom. The number of nitrogens with zero attached hydrogens (tertiary/aromatic N) is 1. The van der Waals surface area contributed by atoms with Gasteiger partial charge < -0.3 is 9.73 Å². The maximum Gasteiger partial charge on any atom is 0.416 e. The maximum absolute atomic E-state index is 13.4. The van der Waals surface area contributed by atoms with Crippen LogP contribution in [0.5, 0.6) is 0 Å². The molecule has 0 aliphatic heterocycles. The second kappa shape index (κ2) is 6.45. The quantitative estimate of drug-likeness (QED) is 0.453. The molecule has 2 aromatic carbocycles. The molecule has 0 unspecified atom stereocenters. The fourth-order valence-corrected chi connectivity index (χ4v) is 3.60. The summed E-state index contributed by atoms with van der Waals surface area (Å²) in [5.74, 6) is -0.302. The number of benzene rings is 2. The lowest BCUT2D eigenvalue weighted by Crippen LogP contribution is -2.08. The molecule has 29 heavy (non-hydrogen) atoms. The third-order valence-corrected chi connectivity index (χ3v) is 5.35. The zero-order valence-corrected chi connectivity index (χ0v) is 15.5. The number of fused-ring (bicyclic) bond motifs is 3. The summed E-state index contributed by atoms with van der Waals surface area (Å²) in [7, 11) is -3.87. The van der Waals surface area contributed by atoms with Gasteiger partial charge in [-0.05, 0) is 36.4 Å². The van der Waals surface area contributed by atoms with Gasteiger partial charge in [0.1, 0.15) is 17.2 Å². The van der Waals surface area contributed by atoms with E-state index in [1.165, 1.54) is 30.5 Å². The van der Waals surface area contributed by atoms with Crippen LogP contribution in [0.1, 0.15) is 5.56 Å². The number of alkyl halides is 3. The minimum Gasteiger partial charge on any atom is -0.454 e. The smallest absolute Gasteiger partial charge is 0.416 e. The summed E-state index contributed by atoms with van der Waals surface area (Å²) in [6, 6.07) is 7.99. The van der Waals surface area contributed by atoms with E-state index in [0.717, 1.165) is 18.4 Å². The Morgan fingerprint density at radius 3 is 2.45 bits per heavy atom. The summed E-state index contributed by atoms with van der Waals surface area (Å²) in [6.07, 6.45) is -2.55. The number of anilines is 2. The molecular weight excluding hydrogens is 412 g/mol. The summed E-state index contributed by atoms with van der Waals surface area (Å²) >= 11 is 0. The summed E-state index contributed by atoms with van der Waals surface area (Å²) in [6.45, 7) is 0. The lowest BCUT2D eigenvalue weighted by Gasteiger charge is -2.12. The van der Waals surface area contributed by atoms with Crippen molar-refractivity contribution in [1.29, 1.82) is 0 Å². The van der Waals surface area contributed by atoms with Crippen molar-refractivity contribution in [3.05, 3.63) is 60.0 Å². The number of nitrogens with one attached hydrogen (secondary N) is 1. The molecule has 0 aliphatic carbocycles. The predicted molar refractivity (Wildman–Crippen MR) is 99.3 cm³/mol. The van der Waals surface area contributed by atoms with Crippen LogP contribution >= 0.6 is 0 Å². The molecule has 0 aliphatic rings. The Hall–Kier alpha value is -3.14. The number of furan rings is 1. The highest BCUT2D eigenvalue weighted by molar-refractivity contribution is 7.90. The van der Waals surface area contributed by atoms with E-state index in [2.05, 4.69) is 10.3 Å². The molecule has 0 bridgehead atoms. The minimum absolute atomic E-state index is 0.0917. The van der Waals surface area contributed by atoms with Crippen molar-refractivity contribution in [3.8, 4) is 0 Å². The summed E-state index contributed by atoms with van der Waals surface area (Å²) in [4.78, 5) is 3.60. The van der Waals surface area contributed by atoms with Gasteiger partial charge in [0.2, 0.25) is 0 Å². The van der Waals surface area contributed by atoms with Crippen molar-refractivity contribution in [2.75, 3.05) is 11.6 Å². The maximum atomic E-state index is 13.4. The molecule has 10 heteroatoms. The van der Waals surface area contributed by atoms with Crippen molar-refractivity contribution in [2.24, 2.45) is 0 Å². The van der Waals surface area contributed by atoms with Gasteiger partial charge in [0.25, 0.3) is 0 Å². The van der Waals surface area contributed by atoms with Crippen LogP contribution < -0.4 is 5.32 Å². The van der Waals surface area contributed by atoms with Crippen molar-refractivity contribution in [1.82, 2.24) is 4.98 Å². The number of halogens is 4. The molecule has 150 valence electrons. The van der Waals surface area contributed by atoms with Crippen LogP contribution in [0.3, 0.4) is 0 Å². The van der Waals surface area contributed by atoms with Crippen LogP contribution in [0.15, 0.2) is 58.0 Å². The van der Waals surface area contributed by atoms with Crippen LogP contribution in [0.25, 0.3) is 21.9 Å². The molecule has 0 saturated carbocycles. The van der Waals surface area contributed by atoms with Gasteiger partial charge in [0, 0.05) is 28.8 Å². The van der Waals surface area contributed by atoms with E-state index in [9.17, 15) is 26.0 Å². The molecule has 0 fully saturated rings. The Bertz CT molecular complexity index is 1360. The molecule has 4 aromatic rings. The van der Waals surface area contributed by atoms with E-state index in [-0.39, 0.29) is 11.5 Å². The fourth-order valence-electron chi connectivity index (χ4n) is 2.92. The Morgan fingerprint density at radius 1 is 1.00 bits per heavy atom. The first kappa shape index (κ1) is 19.2. The van der Waals surface area contributed by atoms with Gasteiger partial charge in [-0.3, -0.25) is 0 Å². The Balaban J connectivity index is 1.80. The van der Waals surface area contributed by atoms with E-state index in [1.807, 2.05) is 0 Å². The Kier molecular flexibility index (Phi) is 4.26. The van der Waals surface area contributed by atoms with E-state index >= 15 is 0 Å². The molecule has 2 aromatic heterocycles. The van der Waals surface area contributed by atoms with Crippen LogP contribution in [-0.2, 0) is 16.0 Å². The Labute approximate surface area is 161 Å². The second-order valence-corrected chi connectivity index (χ2v) is 8.46. The minimum atomic E-state index is -4.72. The average molecular weight is 424 g/mol. The van der Waals surface area contributed by atoms with E-state index in [0.29, 0.717) is 28.0 Å². The van der Waals surface area contributed by atoms with E-state index in [4.69, 9.17) is 4.42 Å². The van der Waals surface area contributed by atoms with Crippen molar-refractivity contribution >= 4 is 43.3 Å². The molecule has 1 N–H and O–H groups in total. The molecular formula is C19H12F4N2O3S. The first-order chi connectivity index (χ1) is 13.5. The lowest BCUT2D eigenvalue weighted by atomic mass is 10.1. The largest absolute Gasteiger partial charge is 0.454 e. The first-order valence-electron chi connectivity index (χ1n) is 8.18. The predicted octanol–water partition coefficient (Wildman–Crippen LogP) is 5.29. The number of rotatable bonds is 3. The van der Waals surface area contributed by atoms with Gasteiger partial charge in [0.15, 0.2) is 15.4 Å². The number of pyridine rings is 1. The van der Waals surface area contributed by atoms with Gasteiger partial charge >= 0.3 is 6.18 Å².